The molecule has 6 aromatic rings. The van der Waals surface area contributed by atoms with E-state index in [1.807, 2.05) is 50.1 Å². The van der Waals surface area contributed by atoms with Crippen molar-refractivity contribution in [3.05, 3.63) is 105 Å². The highest BCUT2D eigenvalue weighted by Crippen LogP contribution is 2.33. The Balaban J connectivity index is 0.000000158. The molecule has 1 unspecified atom stereocenters. The van der Waals surface area contributed by atoms with E-state index in [2.05, 4.69) is 131 Å². The summed E-state index contributed by atoms with van der Waals surface area (Å²) in [6.45, 7) is 27.7. The lowest BCUT2D eigenvalue weighted by molar-refractivity contribution is 0.452. The van der Waals surface area contributed by atoms with E-state index in [0.717, 1.165) is 86.1 Å². The molecule has 0 fully saturated rings. The maximum atomic E-state index is 9.56. The number of thioether (sulfide) groups is 3. The van der Waals surface area contributed by atoms with Gasteiger partial charge in [-0.25, -0.2) is 15.0 Å². The highest BCUT2D eigenvalue weighted by atomic mass is 32.2. The Kier molecular flexibility index (Phi) is 15.9. The average molecular weight is 1020 g/mol. The fourth-order valence-corrected chi connectivity index (χ4v) is 11.2. The second-order valence-corrected chi connectivity index (χ2v) is 24.8. The van der Waals surface area contributed by atoms with Gasteiger partial charge in [0.2, 0.25) is 0 Å². The van der Waals surface area contributed by atoms with Gasteiger partial charge in [-0.1, -0.05) is 118 Å². The highest BCUT2D eigenvalue weighted by molar-refractivity contribution is 7.99. The van der Waals surface area contributed by atoms with Crippen LogP contribution in [0.3, 0.4) is 0 Å². The second-order valence-electron chi connectivity index (χ2n) is 21.9. The molecule has 0 aliphatic carbocycles. The van der Waals surface area contributed by atoms with Crippen molar-refractivity contribution in [1.29, 1.82) is 32.0 Å². The van der Waals surface area contributed by atoms with Crippen LogP contribution in [0.5, 0.6) is 0 Å². The van der Waals surface area contributed by atoms with Gasteiger partial charge in [0.15, 0.2) is 15.5 Å². The van der Waals surface area contributed by atoms with E-state index < -0.39 is 0 Å². The maximum absolute atomic E-state index is 9.56. The number of pyridine rings is 3. The summed E-state index contributed by atoms with van der Waals surface area (Å²) in [5.74, 6) is 4.38. The van der Waals surface area contributed by atoms with Gasteiger partial charge in [0.1, 0.15) is 51.4 Å². The fraction of sp³-hybridized carbons (Fsp3) is 0.444. The summed E-state index contributed by atoms with van der Waals surface area (Å²) in [5.41, 5.74) is 8.63. The molecule has 0 radical (unpaired) electrons. The van der Waals surface area contributed by atoms with Crippen LogP contribution in [-0.2, 0) is 35.9 Å². The van der Waals surface area contributed by atoms with Crippen LogP contribution in [0.15, 0.2) is 70.5 Å². The summed E-state index contributed by atoms with van der Waals surface area (Å²) in [6.07, 6.45) is 5.28. The van der Waals surface area contributed by atoms with Crippen LogP contribution in [0, 0.1) is 68.0 Å². The first kappa shape index (κ1) is 53.4. The Morgan fingerprint density at radius 1 is 0.458 bits per heavy atom. The molecule has 0 spiro atoms. The molecule has 3 aliphatic rings. The number of hydrogen-bond donors (Lipinski definition) is 3. The van der Waals surface area contributed by atoms with Gasteiger partial charge in [-0.15, -0.1) is 0 Å². The standard InChI is InChI=1S/3C18H21N5S/c3*1-11-9-23-16(20)13(7-19)15(22-17(23)24-10-11)12-5-6-14(21-8-12)18(2,3)4/h3*5-6,8,11,20H,9-10H2,1-4H3/t2*11-;/m10./s1. The summed E-state index contributed by atoms with van der Waals surface area (Å²) in [5, 5.41) is 56.4. The molecule has 3 N–H and O–H groups in total. The van der Waals surface area contributed by atoms with Crippen molar-refractivity contribution < 1.29 is 0 Å². The molecule has 0 saturated heterocycles. The molecular weight excluding hydrogens is 955 g/mol. The first-order valence-electron chi connectivity index (χ1n) is 24.0. The molecule has 372 valence electrons. The van der Waals surface area contributed by atoms with Crippen LogP contribution in [-0.4, -0.2) is 60.9 Å². The van der Waals surface area contributed by atoms with E-state index in [-0.39, 0.29) is 32.7 Å². The zero-order valence-electron chi connectivity index (χ0n) is 43.3. The van der Waals surface area contributed by atoms with Crippen LogP contribution in [0.25, 0.3) is 33.8 Å². The van der Waals surface area contributed by atoms with Gasteiger partial charge in [0.25, 0.3) is 0 Å². The van der Waals surface area contributed by atoms with Gasteiger partial charge in [-0.2, -0.15) is 15.8 Å². The van der Waals surface area contributed by atoms with E-state index >= 15 is 0 Å². The molecule has 3 aliphatic heterocycles. The van der Waals surface area contributed by atoms with Crippen molar-refractivity contribution in [3.63, 3.8) is 0 Å². The number of nitrogens with one attached hydrogen (secondary N) is 3. The number of rotatable bonds is 3. The molecule has 9 heterocycles. The van der Waals surface area contributed by atoms with Gasteiger partial charge in [0.05, 0.1) is 17.1 Å². The highest BCUT2D eigenvalue weighted by Gasteiger charge is 2.26. The molecule has 0 bridgehead atoms. The number of nitriles is 3. The minimum absolute atomic E-state index is 0.0255. The third-order valence-corrected chi connectivity index (χ3v) is 16.2. The van der Waals surface area contributed by atoms with E-state index in [9.17, 15) is 15.8 Å². The quantitative estimate of drug-likeness (QED) is 0.141. The molecule has 18 heteroatoms. The van der Waals surface area contributed by atoms with E-state index in [0.29, 0.717) is 51.5 Å². The molecule has 0 saturated carbocycles. The predicted octanol–water partition coefficient (Wildman–Crippen LogP) is 10.0. The number of hydrogen-bond acceptors (Lipinski definition) is 15. The van der Waals surface area contributed by atoms with Crippen molar-refractivity contribution in [2.45, 2.75) is 134 Å². The zero-order valence-corrected chi connectivity index (χ0v) is 45.7. The summed E-state index contributed by atoms with van der Waals surface area (Å²) in [7, 11) is 0. The number of fused-ring (bicyclic) bond motifs is 3. The lowest BCUT2D eigenvalue weighted by Gasteiger charge is -2.24. The van der Waals surface area contributed by atoms with Crippen molar-refractivity contribution >= 4 is 35.3 Å². The molecule has 72 heavy (non-hydrogen) atoms. The van der Waals surface area contributed by atoms with Gasteiger partial charge >= 0.3 is 0 Å². The lowest BCUT2D eigenvalue weighted by atomic mass is 9.91. The topological polar surface area (TPSA) is 235 Å². The van der Waals surface area contributed by atoms with Gasteiger partial charge in [-0.3, -0.25) is 31.2 Å². The Hall–Kier alpha value is -6.39. The van der Waals surface area contributed by atoms with Crippen LogP contribution >= 0.6 is 35.3 Å². The van der Waals surface area contributed by atoms with Crippen molar-refractivity contribution in [3.8, 4) is 52.0 Å². The molecule has 9 rings (SSSR count). The summed E-state index contributed by atoms with van der Waals surface area (Å²) < 4.78 is 5.54. The fourth-order valence-electron chi connectivity index (χ4n) is 8.12. The summed E-state index contributed by atoms with van der Waals surface area (Å²) >= 11 is 4.95. The summed E-state index contributed by atoms with van der Waals surface area (Å²) in [4.78, 5) is 27.6. The molecule has 0 aromatic carbocycles. The number of aromatic nitrogens is 9. The van der Waals surface area contributed by atoms with E-state index in [1.165, 1.54) is 0 Å². The molecule has 6 aromatic heterocycles. The minimum atomic E-state index is -0.0255. The van der Waals surface area contributed by atoms with Gasteiger partial charge < -0.3 is 13.7 Å². The number of nitrogens with zero attached hydrogens (tertiary/aromatic N) is 12. The zero-order chi connectivity index (χ0) is 52.4. The van der Waals surface area contributed by atoms with Crippen molar-refractivity contribution in [2.75, 3.05) is 17.3 Å². The Morgan fingerprint density at radius 3 is 0.903 bits per heavy atom. The largest absolute Gasteiger partial charge is 0.304 e. The Morgan fingerprint density at radius 2 is 0.708 bits per heavy atom. The van der Waals surface area contributed by atoms with Crippen LogP contribution < -0.4 is 16.5 Å². The molecule has 15 nitrogen and oxygen atoms in total. The van der Waals surface area contributed by atoms with Crippen LogP contribution in [0.2, 0.25) is 0 Å². The average Bonchev–Trinajstić information content (AvgIpc) is 3.34. The van der Waals surface area contributed by atoms with Crippen molar-refractivity contribution in [2.24, 2.45) is 17.8 Å². The molecule has 3 atom stereocenters. The van der Waals surface area contributed by atoms with Crippen LogP contribution in [0.4, 0.5) is 0 Å². The Labute approximate surface area is 435 Å². The smallest absolute Gasteiger partial charge is 0.170 e. The second kappa shape index (κ2) is 21.4. The predicted molar refractivity (Wildman–Crippen MR) is 284 cm³/mol. The summed E-state index contributed by atoms with van der Waals surface area (Å²) in [6, 6.07) is 18.3. The lowest BCUT2D eigenvalue weighted by Crippen LogP contribution is -2.32. The first-order chi connectivity index (χ1) is 33.9. The molecular formula is C54H63N15S3. The normalized spacial score (nSPS) is 17.2. The van der Waals surface area contributed by atoms with E-state index in [4.69, 9.17) is 16.2 Å². The first-order valence-corrected chi connectivity index (χ1v) is 27.0. The van der Waals surface area contributed by atoms with Gasteiger partial charge in [-0.05, 0) is 54.2 Å². The third-order valence-electron chi connectivity index (χ3n) is 12.3. The van der Waals surface area contributed by atoms with E-state index in [1.54, 1.807) is 53.9 Å². The monoisotopic (exact) mass is 1020 g/mol. The van der Waals surface area contributed by atoms with Crippen molar-refractivity contribution in [1.82, 2.24) is 43.6 Å². The Bertz CT molecular complexity index is 2960. The van der Waals surface area contributed by atoms with Gasteiger partial charge in [0, 0.05) is 106 Å². The SMILES string of the molecule is CC1CSc2nc(-c3ccc(C(C)(C)C)nc3)c(C#N)c(=N)n2C1.C[C@@H]1CSc2nc(-c3ccc(C(C)(C)C)nc3)c(C#N)c(=N)n2C1.C[C@H]1CSc2nc(-c3ccc(C(C)(C)C)nc3)c(C#N)c(=N)n2C1. The van der Waals surface area contributed by atoms with Crippen LogP contribution in [0.1, 0.15) is 117 Å². The molecule has 0 amide bonds. The maximum Gasteiger partial charge on any atom is 0.170 e. The third kappa shape index (κ3) is 11.6. The minimum Gasteiger partial charge on any atom is -0.304 e.